The highest BCUT2D eigenvalue weighted by Gasteiger charge is 2.54. The SMILES string of the molecule is O=C1N(CCn2cc(C3CC3)nn2)CN(c2ccc(F)cc2)C12CCN(C1Cc3cccc4cccc1c34)CC2. The maximum Gasteiger partial charge on any atom is 0.250 e. The Kier molecular flexibility index (Phi) is 5.49. The Labute approximate surface area is 233 Å². The van der Waals surface area contributed by atoms with Gasteiger partial charge in [0.2, 0.25) is 5.91 Å². The van der Waals surface area contributed by atoms with Gasteiger partial charge in [0.15, 0.2) is 0 Å². The maximum absolute atomic E-state index is 14.2. The summed E-state index contributed by atoms with van der Waals surface area (Å²) in [7, 11) is 0. The molecule has 8 rings (SSSR count). The highest BCUT2D eigenvalue weighted by Crippen LogP contribution is 2.45. The minimum Gasteiger partial charge on any atom is -0.339 e. The molecular weight excluding hydrogens is 503 g/mol. The van der Waals surface area contributed by atoms with E-state index in [0.717, 1.165) is 43.7 Å². The summed E-state index contributed by atoms with van der Waals surface area (Å²) in [4.78, 5) is 21.0. The van der Waals surface area contributed by atoms with Crippen molar-refractivity contribution in [2.75, 3.05) is 31.2 Å². The van der Waals surface area contributed by atoms with E-state index in [2.05, 4.69) is 56.5 Å². The quantitative estimate of drug-likeness (QED) is 0.351. The van der Waals surface area contributed by atoms with Crippen molar-refractivity contribution in [2.24, 2.45) is 0 Å². The van der Waals surface area contributed by atoms with E-state index in [1.54, 1.807) is 0 Å². The summed E-state index contributed by atoms with van der Waals surface area (Å²) in [5, 5.41) is 11.4. The zero-order valence-corrected chi connectivity index (χ0v) is 22.5. The monoisotopic (exact) mass is 536 g/mol. The Hall–Kier alpha value is -3.78. The molecule has 7 nitrogen and oxygen atoms in total. The average molecular weight is 537 g/mol. The van der Waals surface area contributed by atoms with Gasteiger partial charge in [0.25, 0.3) is 0 Å². The Balaban J connectivity index is 1.04. The molecular formula is C32H33FN6O. The molecule has 0 radical (unpaired) electrons. The van der Waals surface area contributed by atoms with Gasteiger partial charge in [0.1, 0.15) is 11.4 Å². The van der Waals surface area contributed by atoms with E-state index in [0.29, 0.717) is 31.7 Å². The number of carbonyl (C=O) groups excluding carboxylic acids is 1. The number of halogens is 1. The third-order valence-electron chi connectivity index (χ3n) is 9.66. The summed E-state index contributed by atoms with van der Waals surface area (Å²) in [6.07, 6.45) is 6.93. The molecule has 2 aliphatic heterocycles. The molecule has 1 spiro atoms. The molecule has 0 bridgehead atoms. The number of amides is 1. The van der Waals surface area contributed by atoms with Crippen molar-refractivity contribution in [2.45, 2.75) is 56.1 Å². The van der Waals surface area contributed by atoms with Gasteiger partial charge >= 0.3 is 0 Å². The number of aromatic nitrogens is 3. The van der Waals surface area contributed by atoms with Crippen LogP contribution in [0.25, 0.3) is 10.8 Å². The molecule has 0 N–H and O–H groups in total. The first-order valence-corrected chi connectivity index (χ1v) is 14.6. The molecule has 204 valence electrons. The van der Waals surface area contributed by atoms with Gasteiger partial charge < -0.3 is 9.80 Å². The third kappa shape index (κ3) is 3.84. The molecule has 1 atom stereocenters. The van der Waals surface area contributed by atoms with E-state index in [-0.39, 0.29) is 11.7 Å². The predicted molar refractivity (Wildman–Crippen MR) is 151 cm³/mol. The second-order valence-electron chi connectivity index (χ2n) is 11.9. The topological polar surface area (TPSA) is 57.5 Å². The smallest absolute Gasteiger partial charge is 0.250 e. The van der Waals surface area contributed by atoms with Crippen LogP contribution in [0.15, 0.2) is 66.9 Å². The molecule has 3 aromatic carbocycles. The zero-order valence-electron chi connectivity index (χ0n) is 22.5. The van der Waals surface area contributed by atoms with Crippen molar-refractivity contribution >= 4 is 22.4 Å². The zero-order chi connectivity index (χ0) is 26.8. The summed E-state index contributed by atoms with van der Waals surface area (Å²) < 4.78 is 15.7. The molecule has 1 amide bonds. The molecule has 40 heavy (non-hydrogen) atoms. The summed E-state index contributed by atoms with van der Waals surface area (Å²) in [5.41, 5.74) is 4.19. The minimum absolute atomic E-state index is 0.177. The Morgan fingerprint density at radius 3 is 2.50 bits per heavy atom. The van der Waals surface area contributed by atoms with Crippen molar-refractivity contribution in [3.63, 3.8) is 0 Å². The molecule has 8 heteroatoms. The molecule has 3 fully saturated rings. The highest BCUT2D eigenvalue weighted by atomic mass is 19.1. The lowest BCUT2D eigenvalue weighted by atomic mass is 9.84. The highest BCUT2D eigenvalue weighted by molar-refractivity contribution is 5.94. The van der Waals surface area contributed by atoms with Crippen LogP contribution in [0.4, 0.5) is 10.1 Å². The van der Waals surface area contributed by atoms with Gasteiger partial charge in [0, 0.05) is 43.5 Å². The molecule has 1 saturated carbocycles. The van der Waals surface area contributed by atoms with E-state index in [4.69, 9.17) is 0 Å². The van der Waals surface area contributed by atoms with Gasteiger partial charge in [-0.15, -0.1) is 5.10 Å². The fourth-order valence-corrected chi connectivity index (χ4v) is 7.35. The number of carbonyl (C=O) groups is 1. The Morgan fingerprint density at radius 1 is 0.950 bits per heavy atom. The van der Waals surface area contributed by atoms with Gasteiger partial charge in [-0.1, -0.05) is 41.6 Å². The lowest BCUT2D eigenvalue weighted by Gasteiger charge is -2.45. The van der Waals surface area contributed by atoms with Crippen LogP contribution in [0.3, 0.4) is 0 Å². The predicted octanol–water partition coefficient (Wildman–Crippen LogP) is 4.89. The number of piperidine rings is 1. The van der Waals surface area contributed by atoms with Gasteiger partial charge in [0.05, 0.1) is 18.9 Å². The number of benzene rings is 3. The number of hydrogen-bond acceptors (Lipinski definition) is 5. The summed E-state index contributed by atoms with van der Waals surface area (Å²) in [6, 6.07) is 20.2. The second-order valence-corrected chi connectivity index (χ2v) is 11.9. The molecule has 1 aromatic heterocycles. The Morgan fingerprint density at radius 2 is 1.73 bits per heavy atom. The maximum atomic E-state index is 14.2. The molecule has 1 unspecified atom stereocenters. The number of nitrogens with zero attached hydrogens (tertiary/aromatic N) is 6. The molecule has 4 aromatic rings. The first kappa shape index (κ1) is 24.1. The number of anilines is 1. The number of hydrogen-bond donors (Lipinski definition) is 0. The molecule has 3 heterocycles. The standard InChI is InChI=1S/C32H33FN6O/c33-25-9-11-26(12-10-25)39-21-37(17-18-38-20-28(34-35-38)22-7-8-22)31(40)32(39)13-15-36(16-14-32)29-19-24-5-1-3-23-4-2-6-27(29)30(23)24/h1-6,9-12,20,22,29H,7-8,13-19,21H2. The molecule has 4 aliphatic rings. The fraction of sp³-hybridized carbons (Fsp3) is 0.406. The van der Waals surface area contributed by atoms with Crippen LogP contribution in [-0.2, 0) is 17.8 Å². The molecule has 2 saturated heterocycles. The summed E-state index contributed by atoms with van der Waals surface area (Å²) in [6.45, 7) is 3.40. The van der Waals surface area contributed by atoms with E-state index in [1.165, 1.54) is 46.9 Å². The normalized spacial score (nSPS) is 22.2. The van der Waals surface area contributed by atoms with Crippen LogP contribution in [-0.4, -0.2) is 62.5 Å². The van der Waals surface area contributed by atoms with Crippen LogP contribution in [0, 0.1) is 5.82 Å². The molecule has 2 aliphatic carbocycles. The average Bonchev–Trinajstić information content (AvgIpc) is 3.52. The van der Waals surface area contributed by atoms with E-state index < -0.39 is 5.54 Å². The fourth-order valence-electron chi connectivity index (χ4n) is 7.35. The van der Waals surface area contributed by atoms with Crippen molar-refractivity contribution < 1.29 is 9.18 Å². The van der Waals surface area contributed by atoms with Gasteiger partial charge in [-0.2, -0.15) is 0 Å². The van der Waals surface area contributed by atoms with Gasteiger partial charge in [-0.25, -0.2) is 4.39 Å². The van der Waals surface area contributed by atoms with Crippen LogP contribution in [0.1, 0.15) is 54.5 Å². The third-order valence-corrected chi connectivity index (χ3v) is 9.66. The van der Waals surface area contributed by atoms with Crippen molar-refractivity contribution in [1.29, 1.82) is 0 Å². The van der Waals surface area contributed by atoms with E-state index in [9.17, 15) is 9.18 Å². The van der Waals surface area contributed by atoms with Gasteiger partial charge in [-0.3, -0.25) is 14.4 Å². The van der Waals surface area contributed by atoms with E-state index in [1.807, 2.05) is 27.9 Å². The van der Waals surface area contributed by atoms with Crippen molar-refractivity contribution in [1.82, 2.24) is 24.8 Å². The summed E-state index contributed by atoms with van der Waals surface area (Å²) in [5.74, 6) is 0.475. The van der Waals surface area contributed by atoms with Crippen LogP contribution >= 0.6 is 0 Å². The lowest BCUT2D eigenvalue weighted by Crippen LogP contribution is -2.57. The minimum atomic E-state index is -0.618. The lowest BCUT2D eigenvalue weighted by molar-refractivity contribution is -0.134. The van der Waals surface area contributed by atoms with E-state index >= 15 is 0 Å². The van der Waals surface area contributed by atoms with Crippen LogP contribution in [0.2, 0.25) is 0 Å². The second kappa shape index (κ2) is 9.13. The first-order valence-electron chi connectivity index (χ1n) is 14.6. The van der Waals surface area contributed by atoms with Crippen LogP contribution < -0.4 is 4.90 Å². The first-order chi connectivity index (χ1) is 19.6. The largest absolute Gasteiger partial charge is 0.339 e. The number of rotatable bonds is 6. The van der Waals surface area contributed by atoms with Crippen molar-refractivity contribution in [3.05, 3.63) is 89.5 Å². The summed E-state index contributed by atoms with van der Waals surface area (Å²) >= 11 is 0. The van der Waals surface area contributed by atoms with Crippen molar-refractivity contribution in [3.8, 4) is 0 Å². The number of likely N-dealkylation sites (tertiary alicyclic amines) is 1. The van der Waals surface area contributed by atoms with Gasteiger partial charge in [-0.05, 0) is 78.3 Å². The Bertz CT molecular complexity index is 1580. The van der Waals surface area contributed by atoms with Crippen LogP contribution in [0.5, 0.6) is 0 Å².